The summed E-state index contributed by atoms with van der Waals surface area (Å²) in [5, 5.41) is 0. The van der Waals surface area contributed by atoms with E-state index in [1.807, 2.05) is 18.2 Å². The third-order valence-electron chi connectivity index (χ3n) is 3.65. The Morgan fingerprint density at radius 3 is 2.45 bits per heavy atom. The van der Waals surface area contributed by atoms with E-state index in [0.29, 0.717) is 18.5 Å². The highest BCUT2D eigenvalue weighted by molar-refractivity contribution is 7.91. The Hall–Kier alpha value is -1.27. The first kappa shape index (κ1) is 20.7. The Labute approximate surface area is 139 Å². The number of amides is 1. The lowest BCUT2D eigenvalue weighted by Crippen LogP contribution is -2.39. The van der Waals surface area contributed by atoms with Crippen molar-refractivity contribution < 1.29 is 13.2 Å². The van der Waals surface area contributed by atoms with Crippen LogP contribution < -0.4 is 5.73 Å². The number of hydrogen-bond donors (Lipinski definition) is 1. The molecule has 2 N–H and O–H groups in total. The Morgan fingerprint density at radius 1 is 1.32 bits per heavy atom. The van der Waals surface area contributed by atoms with Crippen molar-refractivity contribution in [3.8, 4) is 0 Å². The van der Waals surface area contributed by atoms with E-state index in [9.17, 15) is 13.2 Å². The molecule has 0 aliphatic rings. The van der Waals surface area contributed by atoms with Crippen LogP contribution in [0.15, 0.2) is 24.3 Å². The van der Waals surface area contributed by atoms with Gasteiger partial charge in [-0.05, 0) is 25.0 Å². The normalized spacial score (nSPS) is 12.3. The maximum atomic E-state index is 12.1. The van der Waals surface area contributed by atoms with E-state index in [0.717, 1.165) is 5.56 Å². The summed E-state index contributed by atoms with van der Waals surface area (Å²) in [6, 6.07) is 7.12. The number of benzene rings is 1. The molecule has 0 aliphatic carbocycles. The molecule has 1 unspecified atom stereocenters. The van der Waals surface area contributed by atoms with Crippen LogP contribution in [0.5, 0.6) is 0 Å². The van der Waals surface area contributed by atoms with Gasteiger partial charge in [0.2, 0.25) is 5.91 Å². The summed E-state index contributed by atoms with van der Waals surface area (Å²) in [5.74, 6) is 0.0242. The highest BCUT2D eigenvalue weighted by atomic mass is 35.5. The first-order valence-electron chi connectivity index (χ1n) is 7.06. The minimum absolute atomic E-state index is 0. The van der Waals surface area contributed by atoms with Crippen molar-refractivity contribution in [1.82, 2.24) is 4.90 Å². The summed E-state index contributed by atoms with van der Waals surface area (Å²) < 4.78 is 23.2. The molecule has 1 amide bonds. The van der Waals surface area contributed by atoms with E-state index in [-0.39, 0.29) is 35.9 Å². The van der Waals surface area contributed by atoms with Gasteiger partial charge in [-0.25, -0.2) is 8.42 Å². The van der Waals surface area contributed by atoms with Crippen LogP contribution in [0.25, 0.3) is 0 Å². The zero-order chi connectivity index (χ0) is 16.0. The number of carbonyl (C=O) groups is 1. The molecule has 0 aliphatic heterocycles. The van der Waals surface area contributed by atoms with Crippen molar-refractivity contribution in [3.63, 3.8) is 0 Å². The fourth-order valence-corrected chi connectivity index (χ4v) is 3.22. The number of halogens is 1. The van der Waals surface area contributed by atoms with Gasteiger partial charge in [-0.2, -0.15) is 0 Å². The van der Waals surface area contributed by atoms with Gasteiger partial charge >= 0.3 is 0 Å². The molecule has 0 spiro atoms. The molecule has 1 rings (SSSR count). The number of carbonyl (C=O) groups excluding carboxylic acids is 1. The second-order valence-electron chi connectivity index (χ2n) is 5.25. The molecule has 126 valence electrons. The van der Waals surface area contributed by atoms with Gasteiger partial charge in [0.05, 0.1) is 5.75 Å². The number of nitrogens with two attached hydrogens (primary N) is 1. The average molecular weight is 349 g/mol. The largest absolute Gasteiger partial charge is 0.399 e. The van der Waals surface area contributed by atoms with Crippen LogP contribution in [-0.2, 0) is 21.1 Å². The Morgan fingerprint density at radius 2 is 1.91 bits per heavy atom. The van der Waals surface area contributed by atoms with E-state index in [2.05, 4.69) is 0 Å². The van der Waals surface area contributed by atoms with E-state index in [1.165, 1.54) is 4.90 Å². The molecule has 0 heterocycles. The molecule has 0 bridgehead atoms. The van der Waals surface area contributed by atoms with Crippen molar-refractivity contribution in [3.05, 3.63) is 29.8 Å². The Balaban J connectivity index is 0.00000441. The molecule has 0 radical (unpaired) electrons. The smallest absolute Gasteiger partial charge is 0.222 e. The zero-order valence-corrected chi connectivity index (χ0v) is 14.9. The highest BCUT2D eigenvalue weighted by Gasteiger charge is 2.21. The molecule has 1 atom stereocenters. The van der Waals surface area contributed by atoms with Crippen molar-refractivity contribution in [2.45, 2.75) is 32.7 Å². The van der Waals surface area contributed by atoms with Crippen LogP contribution in [0.1, 0.15) is 25.8 Å². The van der Waals surface area contributed by atoms with Gasteiger partial charge in [0.25, 0.3) is 0 Å². The summed E-state index contributed by atoms with van der Waals surface area (Å²) in [7, 11) is -1.44. The van der Waals surface area contributed by atoms with E-state index >= 15 is 0 Å². The minimum Gasteiger partial charge on any atom is -0.399 e. The first-order valence-corrected chi connectivity index (χ1v) is 8.88. The van der Waals surface area contributed by atoms with Crippen LogP contribution in [0.2, 0.25) is 0 Å². The molecule has 22 heavy (non-hydrogen) atoms. The monoisotopic (exact) mass is 348 g/mol. The van der Waals surface area contributed by atoms with Crippen molar-refractivity contribution in [2.24, 2.45) is 0 Å². The van der Waals surface area contributed by atoms with Gasteiger partial charge in [-0.3, -0.25) is 4.79 Å². The van der Waals surface area contributed by atoms with Crippen molar-refractivity contribution in [2.75, 3.05) is 24.3 Å². The SMILES string of the molecule is CCS(=O)(=O)CC(C)N(C)C(=O)CCc1ccccc1N.Cl. The second-order valence-corrected chi connectivity index (χ2v) is 7.65. The number of anilines is 1. The number of rotatable bonds is 7. The van der Waals surface area contributed by atoms with Gasteiger partial charge in [0.15, 0.2) is 9.84 Å². The summed E-state index contributed by atoms with van der Waals surface area (Å²) in [6.45, 7) is 3.37. The lowest BCUT2D eigenvalue weighted by Gasteiger charge is -2.24. The molecule has 1 aromatic carbocycles. The predicted octanol–water partition coefficient (Wildman–Crippen LogP) is 1.90. The first-order chi connectivity index (χ1) is 9.76. The second kappa shape index (κ2) is 9.00. The lowest BCUT2D eigenvalue weighted by atomic mass is 10.1. The van der Waals surface area contributed by atoms with Gasteiger partial charge in [-0.15, -0.1) is 12.4 Å². The zero-order valence-electron chi connectivity index (χ0n) is 13.3. The summed E-state index contributed by atoms with van der Waals surface area (Å²) >= 11 is 0. The van der Waals surface area contributed by atoms with E-state index in [1.54, 1.807) is 27.0 Å². The number of para-hydroxylation sites is 1. The lowest BCUT2D eigenvalue weighted by molar-refractivity contribution is -0.131. The number of hydrogen-bond acceptors (Lipinski definition) is 4. The van der Waals surface area contributed by atoms with Crippen molar-refractivity contribution in [1.29, 1.82) is 0 Å². The van der Waals surface area contributed by atoms with Gasteiger partial charge in [0.1, 0.15) is 0 Å². The molecule has 5 nitrogen and oxygen atoms in total. The highest BCUT2D eigenvalue weighted by Crippen LogP contribution is 2.14. The average Bonchev–Trinajstić information content (AvgIpc) is 2.44. The van der Waals surface area contributed by atoms with Crippen LogP contribution in [0.3, 0.4) is 0 Å². The maximum Gasteiger partial charge on any atom is 0.222 e. The minimum atomic E-state index is -3.08. The molecular formula is C15H25ClN2O3S. The Kier molecular flexibility index (Phi) is 8.48. The van der Waals surface area contributed by atoms with Crippen LogP contribution in [0, 0.1) is 0 Å². The quantitative estimate of drug-likeness (QED) is 0.763. The fourth-order valence-electron chi connectivity index (χ4n) is 2.02. The van der Waals surface area contributed by atoms with Crippen LogP contribution in [0.4, 0.5) is 5.69 Å². The predicted molar refractivity (Wildman–Crippen MR) is 93.0 cm³/mol. The molecular weight excluding hydrogens is 324 g/mol. The van der Waals surface area contributed by atoms with Gasteiger partial charge < -0.3 is 10.6 Å². The van der Waals surface area contributed by atoms with Crippen LogP contribution >= 0.6 is 12.4 Å². The summed E-state index contributed by atoms with van der Waals surface area (Å²) in [6.07, 6.45) is 0.879. The molecule has 0 saturated carbocycles. The topological polar surface area (TPSA) is 80.5 Å². The van der Waals surface area contributed by atoms with Gasteiger partial charge in [-0.1, -0.05) is 25.1 Å². The molecule has 0 fully saturated rings. The summed E-state index contributed by atoms with van der Waals surface area (Å²) in [4.78, 5) is 13.6. The molecule has 0 aromatic heterocycles. The number of nitrogen functional groups attached to an aromatic ring is 1. The maximum absolute atomic E-state index is 12.1. The number of sulfone groups is 1. The molecule has 0 saturated heterocycles. The van der Waals surface area contributed by atoms with E-state index in [4.69, 9.17) is 5.73 Å². The standard InChI is InChI=1S/C15H24N2O3S.ClH/c1-4-21(19,20)11-12(2)17(3)15(18)10-9-13-7-5-6-8-14(13)16;/h5-8,12H,4,9-11,16H2,1-3H3;1H. The van der Waals surface area contributed by atoms with Crippen molar-refractivity contribution >= 4 is 33.8 Å². The number of nitrogens with zero attached hydrogens (tertiary/aromatic N) is 1. The van der Waals surface area contributed by atoms with E-state index < -0.39 is 9.84 Å². The Bertz CT molecular complexity index is 590. The third-order valence-corrected chi connectivity index (χ3v) is 5.52. The fraction of sp³-hybridized carbons (Fsp3) is 0.533. The van der Waals surface area contributed by atoms with Gasteiger partial charge in [0, 0.05) is 31.0 Å². The molecule has 1 aromatic rings. The van der Waals surface area contributed by atoms with Crippen LogP contribution in [-0.4, -0.2) is 43.8 Å². The third kappa shape index (κ3) is 6.23. The summed E-state index contributed by atoms with van der Waals surface area (Å²) in [5.41, 5.74) is 7.45. The molecule has 7 heteroatoms. The number of aryl methyl sites for hydroxylation is 1.